The van der Waals surface area contributed by atoms with Crippen molar-refractivity contribution in [1.29, 1.82) is 0 Å². The van der Waals surface area contributed by atoms with Crippen molar-refractivity contribution in [2.75, 3.05) is 39.3 Å². The van der Waals surface area contributed by atoms with Gasteiger partial charge in [0.05, 0.1) is 39.8 Å². The zero-order chi connectivity index (χ0) is 82.6. The van der Waals surface area contributed by atoms with Crippen molar-refractivity contribution < 1.29 is 151 Å². The van der Waals surface area contributed by atoms with Gasteiger partial charge >= 0.3 is 32.7 Å². The lowest BCUT2D eigenvalue weighted by molar-refractivity contribution is -0.778. The Morgan fingerprint density at radius 3 is 1.49 bits per heavy atom. The van der Waals surface area contributed by atoms with Crippen LogP contribution in [0.15, 0.2) is 60.7 Å². The molecule has 114 heavy (non-hydrogen) atoms. The number of rotatable bonds is 34. The van der Waals surface area contributed by atoms with Gasteiger partial charge in [0.25, 0.3) is 0 Å². The van der Waals surface area contributed by atoms with Crippen LogP contribution in [0, 0.1) is 79.5 Å². The molecular weight excluding hydrogens is 1700 g/mol. The van der Waals surface area contributed by atoms with Crippen LogP contribution in [0.3, 0.4) is 0 Å². The summed E-state index contributed by atoms with van der Waals surface area (Å²) < 4.78 is 122. The number of aliphatic hydroxyl groups excluding tert-OH is 4. The summed E-state index contributed by atoms with van der Waals surface area (Å²) in [6.45, 7) is 14.7. The highest BCUT2D eigenvalue weighted by Crippen LogP contribution is 2.73. The number of phenolic OH excluding ortho intramolecular Hbond substituents is 2. The summed E-state index contributed by atoms with van der Waals surface area (Å²) >= 11 is 2.31. The fraction of sp³-hybridized carbons (Fsp3) is 0.726. The maximum atomic E-state index is 12.9. The summed E-state index contributed by atoms with van der Waals surface area (Å²) in [5, 5.41) is 126. The SMILES string of the molecule is C=C1C2CCC3C4(C)CC(O[C@@H]5O[C@@H](CNCCNC(=O)CCc6cc(C)c(O)c(I)c6)[C@@H](OSOO[O-])[C@@H](OSOO[O-])C5O)CC(C(=O)O)C4CCC3(C2)[C@H]1O.C=C1C2CCC3C4(C)CC(O[C@@H]5O[C@@H](CNCCNC(=O)CCc6ccc(O)cc6)[C@@H](OS(=O)(=O)O)[C@H](OS(=O)(=O)O)C5O)CC(C(=O)O)C4CCC3(C2)[C@H]1O. The number of hydrogen-bond donors (Lipinski definition) is 14. The number of hydrogen-bond acceptors (Lipinski definition) is 32. The van der Waals surface area contributed by atoms with E-state index in [0.29, 0.717) is 48.5 Å². The number of amides is 2. The lowest BCUT2D eigenvalue weighted by Gasteiger charge is -2.62. The Kier molecular flexibility index (Phi) is 30.4. The Balaban J connectivity index is 0.000000225. The molecule has 2 saturated heterocycles. The van der Waals surface area contributed by atoms with E-state index in [1.165, 1.54) is 12.1 Å². The van der Waals surface area contributed by atoms with Crippen LogP contribution in [0.25, 0.3) is 0 Å². The van der Waals surface area contributed by atoms with Gasteiger partial charge in [-0.15, -0.1) is 8.67 Å². The quantitative estimate of drug-likeness (QED) is 0.00699. The molecule has 10 fully saturated rings. The minimum absolute atomic E-state index is 0.00388. The third kappa shape index (κ3) is 20.4. The maximum Gasteiger partial charge on any atom is 0.397 e. The molecule has 8 saturated carbocycles. The van der Waals surface area contributed by atoms with Crippen LogP contribution in [0.5, 0.6) is 11.5 Å². The molecule has 26 atom stereocenters. The van der Waals surface area contributed by atoms with Gasteiger partial charge < -0.3 is 91.6 Å². The first-order valence-electron chi connectivity index (χ1n) is 38.2. The molecule has 0 radical (unpaired) electrons. The molecule has 2 heterocycles. The number of aromatic hydroxyl groups is 2. The average molecular weight is 1800 g/mol. The summed E-state index contributed by atoms with van der Waals surface area (Å²) in [6.07, 6.45) is -9.58. The van der Waals surface area contributed by atoms with Crippen LogP contribution in [0.4, 0.5) is 0 Å². The first-order valence-corrected chi connectivity index (χ1v) is 43.3. The van der Waals surface area contributed by atoms with Crippen molar-refractivity contribution in [3.8, 4) is 11.5 Å². The third-order valence-corrected chi connectivity index (χ3v) is 29.0. The number of carboxylic acids is 2. The summed E-state index contributed by atoms with van der Waals surface area (Å²) in [6, 6.07) is 10.1. The number of phenols is 2. The van der Waals surface area contributed by atoms with E-state index < -0.39 is 147 Å². The number of nitrogens with one attached hydrogen (secondary N) is 4. The first kappa shape index (κ1) is 90.6. The van der Waals surface area contributed by atoms with Crippen LogP contribution >= 0.6 is 47.2 Å². The number of carbonyl (C=O) groups is 4. The number of aliphatic hydroxyl groups is 4. The number of benzene rings is 2. The Morgan fingerprint density at radius 2 is 1.04 bits per heavy atom. The van der Waals surface area contributed by atoms with Gasteiger partial charge in [-0.3, -0.25) is 46.7 Å². The lowest BCUT2D eigenvalue weighted by atomic mass is 9.43. The van der Waals surface area contributed by atoms with E-state index >= 15 is 0 Å². The van der Waals surface area contributed by atoms with Gasteiger partial charge in [-0.2, -0.15) is 16.8 Å². The van der Waals surface area contributed by atoms with E-state index in [-0.39, 0.29) is 154 Å². The molecule has 8 aliphatic carbocycles. The molecule has 0 aromatic heterocycles. The molecule has 640 valence electrons. The molecular formula is C73H103IN4O32S4-2. The topological polar surface area (TPSA) is 544 Å². The Hall–Kier alpha value is -4.15. The lowest BCUT2D eigenvalue weighted by Crippen LogP contribution is -2.64. The highest BCUT2D eigenvalue weighted by Gasteiger charge is 2.69. The van der Waals surface area contributed by atoms with Gasteiger partial charge in [0.15, 0.2) is 37.2 Å². The normalized spacial score (nSPS) is 37.6. The number of aliphatic carboxylic acids is 2. The predicted octanol–water partition coefficient (Wildman–Crippen LogP) is 3.12. The number of halogens is 1. The summed E-state index contributed by atoms with van der Waals surface area (Å²) in [5.41, 5.74) is 2.17. The summed E-state index contributed by atoms with van der Waals surface area (Å²) in [5.74, 6) is -3.74. The molecule has 2 aromatic carbocycles. The van der Waals surface area contributed by atoms with Crippen LogP contribution < -0.4 is 31.8 Å². The van der Waals surface area contributed by atoms with Crippen molar-refractivity contribution in [3.63, 3.8) is 0 Å². The highest BCUT2D eigenvalue weighted by atomic mass is 127. The van der Waals surface area contributed by atoms with E-state index in [1.807, 2.05) is 41.6 Å². The largest absolute Gasteiger partial charge is 0.691 e. The second-order valence-electron chi connectivity index (χ2n) is 32.7. The Morgan fingerprint density at radius 1 is 0.605 bits per heavy atom. The number of carbonyl (C=O) groups excluding carboxylic acids is 2. The summed E-state index contributed by atoms with van der Waals surface area (Å²) in [4.78, 5) is 50.7. The van der Waals surface area contributed by atoms with Crippen molar-refractivity contribution >= 4 is 91.8 Å². The number of ether oxygens (including phenoxy) is 4. The van der Waals surface area contributed by atoms with Crippen molar-refractivity contribution in [3.05, 3.63) is 81.0 Å². The molecule has 36 nitrogen and oxygen atoms in total. The molecule has 2 spiro atoms. The van der Waals surface area contributed by atoms with Crippen molar-refractivity contribution in [2.24, 2.45) is 69.0 Å². The maximum absolute atomic E-state index is 12.9. The van der Waals surface area contributed by atoms with Crippen LogP contribution in [0.2, 0.25) is 0 Å². The molecule has 2 amide bonds. The van der Waals surface area contributed by atoms with Gasteiger partial charge in [-0.1, -0.05) is 45.2 Å². The third-order valence-electron chi connectivity index (χ3n) is 26.4. The first-order chi connectivity index (χ1) is 53.9. The fourth-order valence-corrected chi connectivity index (χ4v) is 24.2. The van der Waals surface area contributed by atoms with E-state index in [4.69, 9.17) is 35.7 Å². The predicted molar refractivity (Wildman–Crippen MR) is 402 cm³/mol. The molecule has 12 rings (SSSR count). The Bertz CT molecular complexity index is 3930. The van der Waals surface area contributed by atoms with Gasteiger partial charge in [0, 0.05) is 62.9 Å². The van der Waals surface area contributed by atoms with Gasteiger partial charge in [0.2, 0.25) is 11.8 Å². The van der Waals surface area contributed by atoms with E-state index in [2.05, 4.69) is 60.1 Å². The smallest absolute Gasteiger partial charge is 0.397 e. The minimum atomic E-state index is -5.38. The molecule has 41 heteroatoms. The highest BCUT2D eigenvalue weighted by molar-refractivity contribution is 14.1. The van der Waals surface area contributed by atoms with E-state index in [0.717, 1.165) is 72.8 Å². The average Bonchev–Trinajstić information content (AvgIpc) is 1.47. The molecule has 2 aliphatic heterocycles. The molecule has 10 aliphatic rings. The molecule has 2 aromatic rings. The second-order valence-corrected chi connectivity index (χ2v) is 36.8. The van der Waals surface area contributed by atoms with Gasteiger partial charge in [-0.25, -0.2) is 8.37 Å². The number of fused-ring (bicyclic) bond motifs is 6. The van der Waals surface area contributed by atoms with Crippen molar-refractivity contribution in [1.82, 2.24) is 21.3 Å². The van der Waals surface area contributed by atoms with Crippen LogP contribution in [-0.4, -0.2) is 216 Å². The molecule has 14 N–H and O–H groups in total. The second kappa shape index (κ2) is 38.3. The zero-order valence-corrected chi connectivity index (χ0v) is 68.4. The Labute approximate surface area is 682 Å². The monoisotopic (exact) mass is 1800 g/mol. The van der Waals surface area contributed by atoms with Gasteiger partial charge in [-0.05, 0) is 225 Å². The standard InChI is InChI=1S/C37H53IN2O16S2.C36H52N2O16S2/c1-18-12-20(13-25(38)29(18)42)4-7-28(41)40-11-10-39-17-26-31(51-57-55-53-47)32(52-58-56-54-48)30(43)35(50-26)49-22-14-23(34(45)46)24-8-9-37-15-21(19(2)33(37)44)5-6-27(37)36(24,3)16-22;1-19-21-6-9-27-35(2)17-23(15-24(33(43)44)25(35)11-12-36(27,16-21)32(19)42)51-34-29(41)31(54-56(48,49)50)30(53-55(45,46)47)26(52-34)18-37-13-14-38-28(40)10-5-20-3-7-22(39)8-4-20/h12-13,21-24,26-27,30-33,35,39,42-44,47-48H,2,4-11,14-17H2,1,3H3,(H,40,41)(H,45,46);3-4,7-8,21,23-27,29-32,34,37,39,41-42H,1,5-6,9-18H2,2H3,(H,38,40)(H,43,44)(H,45,46,47)(H,48,49,50)/p-2/t21?,22?,23?,24?,26-,27?,30?,31+,32-,33-,35+,36?,37?;21?,23?,24?,25?,26-,27?,29?,30+,31+,32-,34+,35?,36?/m00/s1. The fourth-order valence-electron chi connectivity index (χ4n) is 21.6. The van der Waals surface area contributed by atoms with Crippen molar-refractivity contribution in [2.45, 2.75) is 222 Å². The van der Waals surface area contributed by atoms with Crippen LogP contribution in [-0.2, 0) is 107 Å². The number of carboxylic acid groups (broad SMARTS) is 2. The summed E-state index contributed by atoms with van der Waals surface area (Å²) in [7, 11) is -10.7. The molecule has 16 unspecified atom stereocenters. The molecule has 4 bridgehead atoms. The zero-order valence-electron chi connectivity index (χ0n) is 63.0. The van der Waals surface area contributed by atoms with E-state index in [9.17, 15) is 96.5 Å². The number of aryl methyl sites for hydroxylation is 3. The minimum Gasteiger partial charge on any atom is -0.691 e. The van der Waals surface area contributed by atoms with E-state index in [1.54, 1.807) is 19.1 Å². The van der Waals surface area contributed by atoms with Gasteiger partial charge in [0.1, 0.15) is 60.3 Å². The van der Waals surface area contributed by atoms with Crippen LogP contribution in [0.1, 0.15) is 133 Å².